The van der Waals surface area contributed by atoms with E-state index in [9.17, 15) is 9.59 Å². The monoisotopic (exact) mass is 445 g/mol. The Hall–Kier alpha value is -2.28. The summed E-state index contributed by atoms with van der Waals surface area (Å²) in [6.07, 6.45) is 0.155. The van der Waals surface area contributed by atoms with Crippen molar-refractivity contribution in [1.82, 2.24) is 9.55 Å². The van der Waals surface area contributed by atoms with Crippen molar-refractivity contribution in [3.05, 3.63) is 85.6 Å². The van der Waals surface area contributed by atoms with Gasteiger partial charge in [-0.3, -0.25) is 9.59 Å². The Labute approximate surface area is 182 Å². The van der Waals surface area contributed by atoms with Crippen LogP contribution in [0.25, 0.3) is 0 Å². The molecule has 0 aliphatic carbocycles. The van der Waals surface area contributed by atoms with Crippen molar-refractivity contribution in [2.24, 2.45) is 7.05 Å². The number of carbonyl (C=O) groups is 1. The van der Waals surface area contributed by atoms with Crippen molar-refractivity contribution in [3.63, 3.8) is 0 Å². The van der Waals surface area contributed by atoms with Gasteiger partial charge in [-0.2, -0.15) is 4.98 Å². The van der Waals surface area contributed by atoms with E-state index in [1.807, 2.05) is 42.5 Å². The molecule has 5 nitrogen and oxygen atoms in total. The molecule has 4 rings (SSSR count). The Morgan fingerprint density at radius 2 is 1.97 bits per heavy atom. The van der Waals surface area contributed by atoms with Gasteiger partial charge in [0.25, 0.3) is 5.56 Å². The minimum Gasteiger partial charge on any atom is -0.312 e. The second-order valence-corrected chi connectivity index (χ2v) is 8.55. The van der Waals surface area contributed by atoms with Gasteiger partial charge in [0.2, 0.25) is 5.91 Å². The van der Waals surface area contributed by atoms with Gasteiger partial charge >= 0.3 is 0 Å². The molecule has 0 spiro atoms. The molecule has 8 heteroatoms. The van der Waals surface area contributed by atoms with Crippen molar-refractivity contribution in [3.8, 4) is 0 Å². The average molecular weight is 446 g/mol. The molecule has 1 aliphatic heterocycles. The number of amides is 1. The van der Waals surface area contributed by atoms with Crippen molar-refractivity contribution in [2.45, 2.75) is 23.2 Å². The van der Waals surface area contributed by atoms with Crippen LogP contribution in [0.15, 0.2) is 58.5 Å². The van der Waals surface area contributed by atoms with E-state index in [1.165, 1.54) is 11.8 Å². The molecule has 1 aromatic heterocycles. The molecule has 1 atom stereocenters. The molecule has 0 saturated heterocycles. The van der Waals surface area contributed by atoms with Gasteiger partial charge in [0.05, 0.1) is 5.56 Å². The molecular formula is C21H17Cl2N3O2S. The number of carbonyl (C=O) groups excluding carboxylic acids is 1. The maximum atomic E-state index is 13.0. The third kappa shape index (κ3) is 4.06. The van der Waals surface area contributed by atoms with E-state index in [-0.39, 0.29) is 17.9 Å². The Balaban J connectivity index is 1.73. The maximum absolute atomic E-state index is 13.0. The Morgan fingerprint density at radius 3 is 2.72 bits per heavy atom. The number of rotatable bonds is 4. The molecule has 29 heavy (non-hydrogen) atoms. The van der Waals surface area contributed by atoms with Crippen LogP contribution in [0.4, 0.5) is 5.82 Å². The summed E-state index contributed by atoms with van der Waals surface area (Å²) < 4.78 is 1.76. The number of fused-ring (bicyclic) bond motifs is 1. The van der Waals surface area contributed by atoms with Crippen LogP contribution in [-0.2, 0) is 17.6 Å². The smallest absolute Gasteiger partial charge is 0.279 e. The molecule has 1 N–H and O–H groups in total. The SMILES string of the molecule is Cn1c(SCc2cccc(Cl)c2)nc(=O)c2c1NC(=O)CC2c1ccccc1Cl. The summed E-state index contributed by atoms with van der Waals surface area (Å²) in [6.45, 7) is 0. The van der Waals surface area contributed by atoms with Crippen molar-refractivity contribution in [1.29, 1.82) is 0 Å². The van der Waals surface area contributed by atoms with Crippen LogP contribution in [-0.4, -0.2) is 15.5 Å². The van der Waals surface area contributed by atoms with Gasteiger partial charge in [0, 0.05) is 35.2 Å². The lowest BCUT2D eigenvalue weighted by atomic mass is 9.87. The highest BCUT2D eigenvalue weighted by atomic mass is 35.5. The maximum Gasteiger partial charge on any atom is 0.279 e. The average Bonchev–Trinajstić information content (AvgIpc) is 2.69. The summed E-state index contributed by atoms with van der Waals surface area (Å²) in [5, 5.41) is 4.55. The fraction of sp³-hybridized carbons (Fsp3) is 0.190. The Morgan fingerprint density at radius 1 is 1.17 bits per heavy atom. The predicted molar refractivity (Wildman–Crippen MR) is 117 cm³/mol. The molecule has 0 bridgehead atoms. The van der Waals surface area contributed by atoms with Gasteiger partial charge in [-0.1, -0.05) is 65.3 Å². The number of nitrogens with one attached hydrogen (secondary N) is 1. The summed E-state index contributed by atoms with van der Waals surface area (Å²) in [6, 6.07) is 14.8. The summed E-state index contributed by atoms with van der Waals surface area (Å²) in [4.78, 5) is 29.6. The number of hydrogen-bond acceptors (Lipinski definition) is 4. The standard InChI is InChI=1S/C21H17Cl2N3O2S/c1-26-19-18(15(10-17(27)24-19)14-7-2-3-8-16(14)23)20(28)25-21(26)29-11-12-5-4-6-13(22)9-12/h2-9,15H,10-11H2,1H3,(H,24,27). The first-order valence-electron chi connectivity index (χ1n) is 8.96. The fourth-order valence-corrected chi connectivity index (χ4v) is 4.85. The Kier molecular flexibility index (Phi) is 5.67. The second-order valence-electron chi connectivity index (χ2n) is 6.77. The van der Waals surface area contributed by atoms with E-state index >= 15 is 0 Å². The first kappa shape index (κ1) is 20.0. The normalized spacial score (nSPS) is 15.7. The zero-order chi connectivity index (χ0) is 20.5. The first-order valence-corrected chi connectivity index (χ1v) is 10.7. The van der Waals surface area contributed by atoms with Crippen LogP contribution in [0, 0.1) is 0 Å². The lowest BCUT2D eigenvalue weighted by Gasteiger charge is -2.28. The van der Waals surface area contributed by atoms with E-state index in [0.717, 1.165) is 11.1 Å². The minimum absolute atomic E-state index is 0.155. The van der Waals surface area contributed by atoms with Gasteiger partial charge in [0.1, 0.15) is 5.82 Å². The number of benzene rings is 2. The third-order valence-corrected chi connectivity index (χ3v) is 6.52. The molecule has 3 aromatic rings. The number of anilines is 1. The molecule has 2 aromatic carbocycles. The van der Waals surface area contributed by atoms with E-state index < -0.39 is 5.92 Å². The molecule has 1 amide bonds. The lowest BCUT2D eigenvalue weighted by Crippen LogP contribution is -2.33. The molecule has 0 fully saturated rings. The third-order valence-electron chi connectivity index (χ3n) is 4.84. The number of hydrogen-bond donors (Lipinski definition) is 1. The van der Waals surface area contributed by atoms with Crippen LogP contribution < -0.4 is 10.9 Å². The van der Waals surface area contributed by atoms with Crippen molar-refractivity contribution < 1.29 is 4.79 Å². The second kappa shape index (κ2) is 8.22. The van der Waals surface area contributed by atoms with E-state index in [2.05, 4.69) is 10.3 Å². The van der Waals surface area contributed by atoms with Crippen LogP contribution in [0.3, 0.4) is 0 Å². The molecule has 1 aliphatic rings. The highest BCUT2D eigenvalue weighted by molar-refractivity contribution is 7.98. The van der Waals surface area contributed by atoms with E-state index in [1.54, 1.807) is 17.7 Å². The highest BCUT2D eigenvalue weighted by Gasteiger charge is 2.33. The minimum atomic E-state index is -0.425. The number of halogens is 2. The van der Waals surface area contributed by atoms with Gasteiger partial charge in [-0.15, -0.1) is 0 Å². The quantitative estimate of drug-likeness (QED) is 0.460. The topological polar surface area (TPSA) is 64.0 Å². The van der Waals surface area contributed by atoms with Gasteiger partial charge in [-0.05, 0) is 29.3 Å². The Bertz CT molecular complexity index is 1160. The van der Waals surface area contributed by atoms with Crippen molar-refractivity contribution >= 4 is 46.7 Å². The molecule has 148 valence electrons. The van der Waals surface area contributed by atoms with Crippen LogP contribution in [0.1, 0.15) is 29.0 Å². The number of nitrogens with zero attached hydrogens (tertiary/aromatic N) is 2. The zero-order valence-corrected chi connectivity index (χ0v) is 17.8. The predicted octanol–water partition coefficient (Wildman–Crippen LogP) is 4.85. The molecule has 0 radical (unpaired) electrons. The largest absolute Gasteiger partial charge is 0.312 e. The first-order chi connectivity index (χ1) is 13.9. The summed E-state index contributed by atoms with van der Waals surface area (Å²) in [5.41, 5.74) is 1.89. The highest BCUT2D eigenvalue weighted by Crippen LogP contribution is 2.38. The molecule has 2 heterocycles. The van der Waals surface area contributed by atoms with E-state index in [4.69, 9.17) is 23.2 Å². The fourth-order valence-electron chi connectivity index (χ4n) is 3.46. The summed E-state index contributed by atoms with van der Waals surface area (Å²) in [5.74, 6) is 0.487. The van der Waals surface area contributed by atoms with Gasteiger partial charge in [0.15, 0.2) is 5.16 Å². The summed E-state index contributed by atoms with van der Waals surface area (Å²) >= 11 is 13.8. The number of aromatic nitrogens is 2. The van der Waals surface area contributed by atoms with Crippen LogP contribution in [0.5, 0.6) is 0 Å². The van der Waals surface area contributed by atoms with Gasteiger partial charge < -0.3 is 9.88 Å². The van der Waals surface area contributed by atoms with Crippen molar-refractivity contribution in [2.75, 3.05) is 5.32 Å². The van der Waals surface area contributed by atoms with Crippen LogP contribution in [0.2, 0.25) is 10.0 Å². The van der Waals surface area contributed by atoms with Gasteiger partial charge in [-0.25, -0.2) is 0 Å². The van der Waals surface area contributed by atoms with E-state index in [0.29, 0.717) is 32.3 Å². The zero-order valence-electron chi connectivity index (χ0n) is 15.5. The molecule has 1 unspecified atom stereocenters. The molecule has 0 saturated carbocycles. The number of thioether (sulfide) groups is 1. The van der Waals surface area contributed by atoms with Crippen LogP contribution >= 0.6 is 35.0 Å². The molecular weight excluding hydrogens is 429 g/mol. The lowest BCUT2D eigenvalue weighted by molar-refractivity contribution is -0.116. The summed E-state index contributed by atoms with van der Waals surface area (Å²) in [7, 11) is 1.79.